The summed E-state index contributed by atoms with van der Waals surface area (Å²) in [5, 5.41) is 3.82. The molecule has 9 heteroatoms. The number of nitrogens with one attached hydrogen (secondary N) is 1. The first-order valence-corrected chi connectivity index (χ1v) is 12.3. The topological polar surface area (TPSA) is 101 Å². The molecule has 31 heavy (non-hydrogen) atoms. The fraction of sp³-hybridized carbons (Fsp3) is 0.409. The molecule has 1 N–H and O–H groups in total. The number of fused-ring (bicyclic) bond motifs is 2. The second-order valence-corrected chi connectivity index (χ2v) is 10.0. The summed E-state index contributed by atoms with van der Waals surface area (Å²) < 4.78 is 28.6. The van der Waals surface area contributed by atoms with Gasteiger partial charge in [-0.05, 0) is 44.7 Å². The first-order valence-electron chi connectivity index (χ1n) is 10.4. The van der Waals surface area contributed by atoms with Crippen LogP contribution in [-0.2, 0) is 9.84 Å². The lowest BCUT2D eigenvalue weighted by Gasteiger charge is -2.23. The quantitative estimate of drug-likeness (QED) is 0.703. The van der Waals surface area contributed by atoms with Crippen LogP contribution in [0.25, 0.3) is 0 Å². The smallest absolute Gasteiger partial charge is 0.258 e. The fourth-order valence-corrected chi connectivity index (χ4v) is 4.67. The van der Waals surface area contributed by atoms with Gasteiger partial charge < -0.3 is 15.0 Å². The van der Waals surface area contributed by atoms with Crippen molar-refractivity contribution in [2.45, 2.75) is 50.7 Å². The first-order chi connectivity index (χ1) is 14.8. The molecule has 2 fully saturated rings. The lowest BCUT2D eigenvalue weighted by Crippen LogP contribution is -2.33. The summed E-state index contributed by atoms with van der Waals surface area (Å²) in [4.78, 5) is 24.2. The first kappa shape index (κ1) is 21.3. The number of ether oxygens (including phenoxy) is 1. The second-order valence-electron chi connectivity index (χ2n) is 8.09. The molecule has 164 valence electrons. The van der Waals surface area contributed by atoms with E-state index in [1.165, 1.54) is 12.3 Å². The van der Waals surface area contributed by atoms with E-state index >= 15 is 0 Å². The minimum Gasteiger partial charge on any atom is -0.438 e. The minimum atomic E-state index is -3.27. The van der Waals surface area contributed by atoms with Gasteiger partial charge in [-0.2, -0.15) is 4.98 Å². The van der Waals surface area contributed by atoms with Crippen LogP contribution in [0.3, 0.4) is 0 Å². The van der Waals surface area contributed by atoms with Gasteiger partial charge in [0.15, 0.2) is 9.84 Å². The molecule has 2 aromatic rings. The Morgan fingerprint density at radius 1 is 1.19 bits per heavy atom. The number of anilines is 1. The zero-order valence-electron chi connectivity index (χ0n) is 17.6. The Balaban J connectivity index is 1.61. The summed E-state index contributed by atoms with van der Waals surface area (Å²) in [5.41, 5.74) is 0.193. The second kappa shape index (κ2) is 8.66. The Morgan fingerprint density at radius 2 is 1.84 bits per heavy atom. The van der Waals surface area contributed by atoms with Crippen LogP contribution >= 0.6 is 0 Å². The van der Waals surface area contributed by atoms with Crippen LogP contribution in [0.1, 0.15) is 43.0 Å². The van der Waals surface area contributed by atoms with E-state index in [9.17, 15) is 13.2 Å². The largest absolute Gasteiger partial charge is 0.438 e. The number of rotatable bonds is 7. The number of benzene rings is 1. The van der Waals surface area contributed by atoms with E-state index in [1.807, 2.05) is 18.2 Å². The van der Waals surface area contributed by atoms with E-state index in [1.54, 1.807) is 19.1 Å². The monoisotopic (exact) mass is 442 g/mol. The summed E-state index contributed by atoms with van der Waals surface area (Å²) in [6.45, 7) is 1.69. The molecular weight excluding hydrogens is 416 g/mol. The van der Waals surface area contributed by atoms with Crippen molar-refractivity contribution in [3.05, 3.63) is 53.6 Å². The Kier molecular flexibility index (Phi) is 5.95. The van der Waals surface area contributed by atoms with E-state index in [0.717, 1.165) is 37.3 Å². The van der Waals surface area contributed by atoms with Crippen LogP contribution in [0, 0.1) is 0 Å². The average molecular weight is 443 g/mol. The van der Waals surface area contributed by atoms with E-state index in [4.69, 9.17) is 4.74 Å². The molecular formula is C22H26N4O4S. The number of amides is 1. The van der Waals surface area contributed by atoms with Gasteiger partial charge in [0.05, 0.1) is 0 Å². The van der Waals surface area contributed by atoms with E-state index in [-0.39, 0.29) is 11.4 Å². The molecule has 1 aromatic carbocycles. The molecule has 0 saturated carbocycles. The number of carbonyl (C=O) groups excluding carboxylic acids is 1. The Morgan fingerprint density at radius 3 is 2.45 bits per heavy atom. The zero-order chi connectivity index (χ0) is 22.0. The molecule has 4 rings (SSSR count). The van der Waals surface area contributed by atoms with Gasteiger partial charge >= 0.3 is 0 Å². The maximum Gasteiger partial charge on any atom is 0.258 e. The highest BCUT2D eigenvalue weighted by Crippen LogP contribution is 2.40. The lowest BCUT2D eigenvalue weighted by molar-refractivity contribution is 0.0943. The van der Waals surface area contributed by atoms with Crippen molar-refractivity contribution < 1.29 is 17.9 Å². The van der Waals surface area contributed by atoms with Gasteiger partial charge in [-0.3, -0.25) is 4.79 Å². The Bertz CT molecular complexity index is 1070. The van der Waals surface area contributed by atoms with E-state index in [0.29, 0.717) is 23.8 Å². The highest BCUT2D eigenvalue weighted by molar-refractivity contribution is 7.93. The third-order valence-electron chi connectivity index (χ3n) is 5.60. The molecule has 2 saturated heterocycles. The van der Waals surface area contributed by atoms with E-state index < -0.39 is 21.8 Å². The molecule has 0 radical (unpaired) electrons. The molecule has 2 aliphatic heterocycles. The molecule has 8 nitrogen and oxygen atoms in total. The molecule has 1 aromatic heterocycles. The molecule has 3 heterocycles. The maximum absolute atomic E-state index is 12.9. The fourth-order valence-electron chi connectivity index (χ4n) is 4.15. The van der Waals surface area contributed by atoms with Gasteiger partial charge in [-0.1, -0.05) is 24.3 Å². The Labute approximate surface area is 182 Å². The summed E-state index contributed by atoms with van der Waals surface area (Å²) in [5.74, 6) is 0.889. The summed E-state index contributed by atoms with van der Waals surface area (Å²) in [7, 11) is -3.27. The maximum atomic E-state index is 12.9. The third-order valence-corrected chi connectivity index (χ3v) is 6.25. The van der Waals surface area contributed by atoms with E-state index in [2.05, 4.69) is 20.2 Å². The van der Waals surface area contributed by atoms with Crippen LogP contribution in [0.5, 0.6) is 11.6 Å². The van der Waals surface area contributed by atoms with Gasteiger partial charge in [0.1, 0.15) is 11.3 Å². The minimum absolute atomic E-state index is 0.180. The average Bonchev–Trinajstić information content (AvgIpc) is 3.33. The number of carbonyl (C=O) groups is 1. The van der Waals surface area contributed by atoms with Gasteiger partial charge in [-0.15, -0.1) is 0 Å². The highest BCUT2D eigenvalue weighted by Gasteiger charge is 2.41. The van der Waals surface area contributed by atoms with Crippen LogP contribution in [0.15, 0.2) is 48.0 Å². The van der Waals surface area contributed by atoms with Crippen molar-refractivity contribution in [3.8, 4) is 11.6 Å². The summed E-state index contributed by atoms with van der Waals surface area (Å²) in [6, 6.07) is 9.53. The van der Waals surface area contributed by atoms with Gasteiger partial charge in [0.25, 0.3) is 5.91 Å². The van der Waals surface area contributed by atoms with Crippen molar-refractivity contribution in [3.63, 3.8) is 0 Å². The molecule has 0 spiro atoms. The van der Waals surface area contributed by atoms with Crippen molar-refractivity contribution in [2.75, 3.05) is 11.2 Å². The number of aromatic nitrogens is 2. The van der Waals surface area contributed by atoms with Crippen LogP contribution in [-0.4, -0.2) is 48.7 Å². The number of hydrogen-bond acceptors (Lipinski definition) is 7. The normalized spacial score (nSPS) is 21.4. The molecule has 1 unspecified atom stereocenters. The molecule has 1 atom stereocenters. The molecule has 0 aliphatic carbocycles. The number of para-hydroxylation sites is 1. The molecule has 2 bridgehead atoms. The van der Waals surface area contributed by atoms with Gasteiger partial charge in [0, 0.05) is 36.0 Å². The predicted octanol–water partition coefficient (Wildman–Crippen LogP) is 3.08. The van der Waals surface area contributed by atoms with Crippen molar-refractivity contribution in [1.29, 1.82) is 0 Å². The van der Waals surface area contributed by atoms with Crippen molar-refractivity contribution in [1.82, 2.24) is 15.3 Å². The van der Waals surface area contributed by atoms with Crippen LogP contribution < -0.4 is 15.0 Å². The molecule has 2 aliphatic rings. The van der Waals surface area contributed by atoms with Crippen molar-refractivity contribution >= 4 is 21.7 Å². The molecule has 1 amide bonds. The van der Waals surface area contributed by atoms with Gasteiger partial charge in [-0.25, -0.2) is 13.4 Å². The standard InChI is InChI=1S/C22H26N4O4S/c1-15(12-13-31(2,28)29)24-20(27)19-14-23-22(26-16-8-9-17(26)11-10-16)25-21(19)30-18-6-4-3-5-7-18/h3-7,12-17H,8-11H2,1-2H3,(H,24,27). The van der Waals surface area contributed by atoms with Crippen LogP contribution in [0.4, 0.5) is 5.95 Å². The zero-order valence-corrected chi connectivity index (χ0v) is 18.4. The lowest BCUT2D eigenvalue weighted by atomic mass is 10.0. The van der Waals surface area contributed by atoms with Crippen LogP contribution in [0.2, 0.25) is 0 Å². The Hall–Kier alpha value is -2.94. The predicted molar refractivity (Wildman–Crippen MR) is 118 cm³/mol. The number of nitrogens with zero attached hydrogens (tertiary/aromatic N) is 3. The SMILES string of the molecule is CC(C=CS(C)(=O)=O)NC(=O)c1cnc(N2C3CCC2CC3)nc1Oc1ccccc1. The third kappa shape index (κ3) is 5.04. The van der Waals surface area contributed by atoms with Crippen molar-refractivity contribution in [2.24, 2.45) is 0 Å². The highest BCUT2D eigenvalue weighted by atomic mass is 32.2. The summed E-state index contributed by atoms with van der Waals surface area (Å²) >= 11 is 0. The number of hydrogen-bond donors (Lipinski definition) is 1. The van der Waals surface area contributed by atoms with Gasteiger partial charge in [0.2, 0.25) is 11.8 Å². The number of sulfone groups is 1. The summed E-state index contributed by atoms with van der Waals surface area (Å²) in [6.07, 6.45) is 8.54.